The quantitative estimate of drug-likeness (QED) is 0.613. The first kappa shape index (κ1) is 18.6. The van der Waals surface area contributed by atoms with Crippen LogP contribution >= 0.6 is 0 Å². The van der Waals surface area contributed by atoms with Crippen LogP contribution < -0.4 is 5.48 Å². The van der Waals surface area contributed by atoms with Crippen molar-refractivity contribution in [3.63, 3.8) is 0 Å². The van der Waals surface area contributed by atoms with Crippen molar-refractivity contribution in [1.82, 2.24) is 15.4 Å². The third-order valence-corrected chi connectivity index (χ3v) is 8.38. The Labute approximate surface area is 167 Å². The maximum absolute atomic E-state index is 11.8. The fourth-order valence-electron chi connectivity index (χ4n) is 7.16. The average molecular weight is 384 g/mol. The van der Waals surface area contributed by atoms with Gasteiger partial charge in [-0.25, -0.2) is 5.48 Å². The van der Waals surface area contributed by atoms with E-state index in [9.17, 15) is 4.79 Å². The zero-order chi connectivity index (χ0) is 19.3. The Kier molecular flexibility index (Phi) is 4.92. The summed E-state index contributed by atoms with van der Waals surface area (Å²) in [5.41, 5.74) is 4.46. The lowest BCUT2D eigenvalue weighted by Gasteiger charge is -2.53. The van der Waals surface area contributed by atoms with E-state index in [4.69, 9.17) is 5.21 Å². The number of nitrogens with one attached hydrogen (secondary N) is 1. The summed E-state index contributed by atoms with van der Waals surface area (Å²) in [7, 11) is 0. The van der Waals surface area contributed by atoms with Crippen molar-refractivity contribution in [1.29, 1.82) is 0 Å². The number of aromatic nitrogens is 1. The zero-order valence-corrected chi connectivity index (χ0v) is 16.9. The normalized spacial score (nSPS) is 36.8. The number of rotatable bonds is 4. The Morgan fingerprint density at radius 1 is 1.25 bits per heavy atom. The highest BCUT2D eigenvalue weighted by Crippen LogP contribution is 2.54. The molecule has 6 atom stereocenters. The molecule has 1 aromatic rings. The molecule has 1 aliphatic heterocycles. The molecule has 0 radical (unpaired) electrons. The van der Waals surface area contributed by atoms with Crippen LogP contribution in [0.3, 0.4) is 0 Å². The monoisotopic (exact) mass is 383 g/mol. The molecule has 5 unspecified atom stereocenters. The van der Waals surface area contributed by atoms with Gasteiger partial charge in [0.05, 0.1) is 5.56 Å². The van der Waals surface area contributed by atoms with E-state index < -0.39 is 5.91 Å². The second-order valence-electron chi connectivity index (χ2n) is 9.90. The highest BCUT2D eigenvalue weighted by molar-refractivity contribution is 5.93. The number of nitrogens with zero attached hydrogens (tertiary/aromatic N) is 2. The van der Waals surface area contributed by atoms with Crippen LogP contribution in [-0.2, 0) is 13.0 Å². The molecule has 3 aliphatic carbocycles. The number of carbonyl (C=O) groups is 1. The van der Waals surface area contributed by atoms with E-state index in [1.165, 1.54) is 45.1 Å². The van der Waals surface area contributed by atoms with Crippen molar-refractivity contribution < 1.29 is 10.0 Å². The van der Waals surface area contributed by atoms with Gasteiger partial charge < -0.3 is 0 Å². The van der Waals surface area contributed by atoms with E-state index in [1.807, 2.05) is 6.07 Å². The van der Waals surface area contributed by atoms with E-state index in [1.54, 1.807) is 11.7 Å². The van der Waals surface area contributed by atoms with Crippen molar-refractivity contribution in [3.05, 3.63) is 29.1 Å². The second kappa shape index (κ2) is 7.42. The van der Waals surface area contributed by atoms with Gasteiger partial charge in [0, 0.05) is 37.4 Å². The summed E-state index contributed by atoms with van der Waals surface area (Å²) in [6.07, 6.45) is 12.6. The number of hydrogen-bond acceptors (Lipinski definition) is 4. The minimum Gasteiger partial charge on any atom is -0.295 e. The predicted octanol–water partition coefficient (Wildman–Crippen LogP) is 3.80. The molecule has 3 saturated carbocycles. The van der Waals surface area contributed by atoms with Crippen LogP contribution in [0.2, 0.25) is 0 Å². The van der Waals surface area contributed by atoms with Crippen molar-refractivity contribution in [2.75, 3.05) is 6.54 Å². The standard InChI is InChI=1S/C23H33N3O2/c1-2-20-10-22-19(9-17(11-24-22)23(27)25-28)13-26(20)12-18-8-15-5-14-3-4-21(18)16(6-14)7-15/h9,11,14-16,18,20-21,28H,2-8,10,12-13H2,1H3,(H,25,27)/t14?,15?,16?,18?,20-,21?/m1/s1. The molecule has 0 spiro atoms. The topological polar surface area (TPSA) is 65.5 Å². The fourth-order valence-corrected chi connectivity index (χ4v) is 7.16. The van der Waals surface area contributed by atoms with Crippen LogP contribution in [0.25, 0.3) is 0 Å². The molecule has 28 heavy (non-hydrogen) atoms. The van der Waals surface area contributed by atoms with E-state index >= 15 is 0 Å². The summed E-state index contributed by atoms with van der Waals surface area (Å²) in [4.78, 5) is 19.0. The number of pyridine rings is 1. The first-order valence-electron chi connectivity index (χ1n) is 11.3. The molecule has 2 N–H and O–H groups in total. The van der Waals surface area contributed by atoms with E-state index in [2.05, 4.69) is 16.8 Å². The summed E-state index contributed by atoms with van der Waals surface area (Å²) < 4.78 is 0. The van der Waals surface area contributed by atoms with Gasteiger partial charge in [-0.2, -0.15) is 0 Å². The van der Waals surface area contributed by atoms with Crippen molar-refractivity contribution in [3.8, 4) is 0 Å². The van der Waals surface area contributed by atoms with Crippen molar-refractivity contribution in [2.45, 2.75) is 70.9 Å². The Morgan fingerprint density at radius 3 is 2.93 bits per heavy atom. The number of carbonyl (C=O) groups excluding carboxylic acids is 1. The van der Waals surface area contributed by atoms with Crippen LogP contribution in [-0.4, -0.2) is 33.6 Å². The molecule has 3 bridgehead atoms. The van der Waals surface area contributed by atoms with Gasteiger partial charge in [-0.1, -0.05) is 13.3 Å². The first-order chi connectivity index (χ1) is 13.6. The molecule has 0 aromatic carbocycles. The molecule has 3 fully saturated rings. The van der Waals surface area contributed by atoms with Gasteiger partial charge >= 0.3 is 0 Å². The molecule has 152 valence electrons. The molecule has 0 saturated heterocycles. The van der Waals surface area contributed by atoms with Crippen LogP contribution in [0.1, 0.15) is 73.5 Å². The molecule has 2 heterocycles. The van der Waals surface area contributed by atoms with Gasteiger partial charge in [-0.15, -0.1) is 0 Å². The highest BCUT2D eigenvalue weighted by atomic mass is 16.5. The van der Waals surface area contributed by atoms with Gasteiger partial charge in [0.2, 0.25) is 0 Å². The average Bonchev–Trinajstić information content (AvgIpc) is 2.71. The maximum atomic E-state index is 11.8. The minimum absolute atomic E-state index is 0.446. The fraction of sp³-hybridized carbons (Fsp3) is 0.739. The lowest BCUT2D eigenvalue weighted by molar-refractivity contribution is -0.0298. The van der Waals surface area contributed by atoms with Crippen molar-refractivity contribution in [2.24, 2.45) is 29.6 Å². The van der Waals surface area contributed by atoms with E-state index in [-0.39, 0.29) is 0 Å². The lowest BCUT2D eigenvalue weighted by atomic mass is 9.54. The highest BCUT2D eigenvalue weighted by Gasteiger charge is 2.46. The Balaban J connectivity index is 1.35. The molecule has 5 rings (SSSR count). The third-order valence-electron chi connectivity index (χ3n) is 8.38. The summed E-state index contributed by atoms with van der Waals surface area (Å²) in [6, 6.07) is 2.48. The summed E-state index contributed by atoms with van der Waals surface area (Å²) in [5, 5.41) is 8.94. The maximum Gasteiger partial charge on any atom is 0.276 e. The van der Waals surface area contributed by atoms with Gasteiger partial charge in [0.1, 0.15) is 0 Å². The Morgan fingerprint density at radius 2 is 2.11 bits per heavy atom. The van der Waals surface area contributed by atoms with Crippen LogP contribution in [0, 0.1) is 29.6 Å². The minimum atomic E-state index is -0.476. The molecule has 5 heteroatoms. The third kappa shape index (κ3) is 3.26. The Hall–Kier alpha value is -1.46. The van der Waals surface area contributed by atoms with Crippen LogP contribution in [0.15, 0.2) is 12.3 Å². The molecular formula is C23H33N3O2. The number of fused-ring (bicyclic) bond motifs is 3. The smallest absolute Gasteiger partial charge is 0.276 e. The lowest BCUT2D eigenvalue weighted by Crippen LogP contribution is -2.49. The van der Waals surface area contributed by atoms with Crippen LogP contribution in [0.5, 0.6) is 0 Å². The van der Waals surface area contributed by atoms with E-state index in [0.717, 1.165) is 60.2 Å². The molecule has 1 aromatic heterocycles. The summed E-state index contributed by atoms with van der Waals surface area (Å²) >= 11 is 0. The predicted molar refractivity (Wildman–Crippen MR) is 107 cm³/mol. The van der Waals surface area contributed by atoms with E-state index in [0.29, 0.717) is 11.6 Å². The molecule has 5 nitrogen and oxygen atoms in total. The summed E-state index contributed by atoms with van der Waals surface area (Å²) in [6.45, 7) is 4.38. The zero-order valence-electron chi connectivity index (χ0n) is 16.9. The summed E-state index contributed by atoms with van der Waals surface area (Å²) in [5.74, 6) is 4.32. The molecule has 1 amide bonds. The second-order valence-corrected chi connectivity index (χ2v) is 9.90. The van der Waals surface area contributed by atoms with Crippen molar-refractivity contribution >= 4 is 5.91 Å². The molecular weight excluding hydrogens is 350 g/mol. The molecule has 4 aliphatic rings. The number of hydrogen-bond donors (Lipinski definition) is 2. The van der Waals surface area contributed by atoms with Gasteiger partial charge in [0.25, 0.3) is 5.91 Å². The number of amides is 1. The largest absolute Gasteiger partial charge is 0.295 e. The Bertz CT molecular complexity index is 745. The number of hydroxylamine groups is 1. The first-order valence-corrected chi connectivity index (χ1v) is 11.3. The van der Waals surface area contributed by atoms with Gasteiger partial charge in [0.15, 0.2) is 0 Å². The SMILES string of the molecule is CC[C@@H]1Cc2ncc(C(=O)NO)cc2CN1CC1CC2CC3CCC1C(C3)C2. The van der Waals surface area contributed by atoms with Gasteiger partial charge in [-0.05, 0) is 79.7 Å². The van der Waals surface area contributed by atoms with Crippen LogP contribution in [0.4, 0.5) is 0 Å². The van der Waals surface area contributed by atoms with Gasteiger partial charge in [-0.3, -0.25) is 19.9 Å².